The maximum atomic E-state index is 12.3. The minimum absolute atomic E-state index is 0.0344. The van der Waals surface area contributed by atoms with E-state index in [0.29, 0.717) is 16.4 Å². The summed E-state index contributed by atoms with van der Waals surface area (Å²) in [7, 11) is 1.56. The van der Waals surface area contributed by atoms with Crippen molar-refractivity contribution in [1.82, 2.24) is 0 Å². The first-order chi connectivity index (χ1) is 12.3. The lowest BCUT2D eigenvalue weighted by Crippen LogP contribution is -2.30. The van der Waals surface area contributed by atoms with Crippen LogP contribution in [0.2, 0.25) is 5.02 Å². The van der Waals surface area contributed by atoms with Gasteiger partial charge in [-0.05, 0) is 37.3 Å². The quantitative estimate of drug-likeness (QED) is 0.453. The van der Waals surface area contributed by atoms with E-state index in [-0.39, 0.29) is 11.3 Å². The standard InChI is InChI=1S/C17H16ClN3O5/c1-10(16(22)20-12-5-3-11(18)4-6-12)26-17(23)14-9-13(21(24)25)7-8-15(14)19-2/h3-10,19H,1-2H3,(H,20,22)/t10-/m1/s1. The molecule has 0 unspecified atom stereocenters. The predicted molar refractivity (Wildman–Crippen MR) is 97.6 cm³/mol. The number of halogens is 1. The third-order valence-electron chi connectivity index (χ3n) is 3.47. The van der Waals surface area contributed by atoms with Crippen LogP contribution < -0.4 is 10.6 Å². The number of amides is 1. The summed E-state index contributed by atoms with van der Waals surface area (Å²) in [6.07, 6.45) is -1.11. The van der Waals surface area contributed by atoms with E-state index in [0.717, 1.165) is 6.07 Å². The highest BCUT2D eigenvalue weighted by atomic mass is 35.5. The highest BCUT2D eigenvalue weighted by Gasteiger charge is 2.23. The normalized spacial score (nSPS) is 11.3. The Morgan fingerprint density at radius 3 is 2.42 bits per heavy atom. The van der Waals surface area contributed by atoms with Gasteiger partial charge < -0.3 is 15.4 Å². The van der Waals surface area contributed by atoms with E-state index >= 15 is 0 Å². The molecule has 2 rings (SSSR count). The second-order valence-electron chi connectivity index (χ2n) is 5.28. The molecule has 0 radical (unpaired) electrons. The average Bonchev–Trinajstić information content (AvgIpc) is 2.62. The van der Waals surface area contributed by atoms with Crippen molar-refractivity contribution in [3.63, 3.8) is 0 Å². The first-order valence-electron chi connectivity index (χ1n) is 7.55. The molecule has 0 bridgehead atoms. The number of nitro groups is 1. The maximum Gasteiger partial charge on any atom is 0.341 e. The molecular formula is C17H16ClN3O5. The first-order valence-corrected chi connectivity index (χ1v) is 7.93. The molecular weight excluding hydrogens is 362 g/mol. The fourth-order valence-electron chi connectivity index (χ4n) is 2.09. The third kappa shape index (κ3) is 4.70. The summed E-state index contributed by atoms with van der Waals surface area (Å²) < 4.78 is 5.13. The summed E-state index contributed by atoms with van der Waals surface area (Å²) in [5.74, 6) is -1.39. The van der Waals surface area contributed by atoms with Gasteiger partial charge in [0.05, 0.1) is 10.5 Å². The lowest BCUT2D eigenvalue weighted by Gasteiger charge is -2.15. The Kier molecular flexibility index (Phi) is 6.13. The molecule has 0 fully saturated rings. The van der Waals surface area contributed by atoms with E-state index < -0.39 is 22.9 Å². The van der Waals surface area contributed by atoms with Crippen molar-refractivity contribution in [1.29, 1.82) is 0 Å². The van der Waals surface area contributed by atoms with E-state index in [9.17, 15) is 19.7 Å². The molecule has 136 valence electrons. The molecule has 1 atom stereocenters. The van der Waals surface area contributed by atoms with Crippen LogP contribution in [0.3, 0.4) is 0 Å². The summed E-state index contributed by atoms with van der Waals surface area (Å²) in [5, 5.41) is 16.8. The largest absolute Gasteiger partial charge is 0.449 e. The summed E-state index contributed by atoms with van der Waals surface area (Å²) in [6.45, 7) is 1.40. The van der Waals surface area contributed by atoms with Crippen molar-refractivity contribution in [2.45, 2.75) is 13.0 Å². The molecule has 0 aromatic heterocycles. The van der Waals surface area contributed by atoms with E-state index in [4.69, 9.17) is 16.3 Å². The van der Waals surface area contributed by atoms with Crippen LogP contribution in [-0.4, -0.2) is 30.0 Å². The van der Waals surface area contributed by atoms with Crippen molar-refractivity contribution in [2.75, 3.05) is 17.7 Å². The Morgan fingerprint density at radius 2 is 1.85 bits per heavy atom. The van der Waals surface area contributed by atoms with Crippen LogP contribution in [0, 0.1) is 10.1 Å². The Morgan fingerprint density at radius 1 is 1.19 bits per heavy atom. The smallest absolute Gasteiger partial charge is 0.341 e. The zero-order valence-corrected chi connectivity index (χ0v) is 14.7. The van der Waals surface area contributed by atoms with E-state index in [1.807, 2.05) is 0 Å². The van der Waals surface area contributed by atoms with Crippen LogP contribution in [0.15, 0.2) is 42.5 Å². The van der Waals surface area contributed by atoms with Gasteiger partial charge in [0.2, 0.25) is 0 Å². The number of esters is 1. The van der Waals surface area contributed by atoms with Gasteiger partial charge in [0.25, 0.3) is 11.6 Å². The number of carbonyl (C=O) groups is 2. The molecule has 0 aliphatic carbocycles. The number of anilines is 2. The number of benzene rings is 2. The van der Waals surface area contributed by atoms with Crippen LogP contribution in [-0.2, 0) is 9.53 Å². The van der Waals surface area contributed by atoms with Gasteiger partial charge in [-0.15, -0.1) is 0 Å². The number of nitrogens with zero attached hydrogens (tertiary/aromatic N) is 1. The topological polar surface area (TPSA) is 111 Å². The molecule has 0 saturated heterocycles. The second-order valence-corrected chi connectivity index (χ2v) is 5.72. The van der Waals surface area contributed by atoms with Gasteiger partial charge in [0, 0.05) is 35.6 Å². The average molecular weight is 378 g/mol. The minimum Gasteiger partial charge on any atom is -0.449 e. The lowest BCUT2D eigenvalue weighted by atomic mass is 10.1. The second kappa shape index (κ2) is 8.30. The SMILES string of the molecule is CNc1ccc([N+](=O)[O-])cc1C(=O)O[C@H](C)C(=O)Nc1ccc(Cl)cc1. The van der Waals surface area contributed by atoms with Gasteiger partial charge >= 0.3 is 5.97 Å². The predicted octanol–water partition coefficient (Wildman–Crippen LogP) is 3.47. The van der Waals surface area contributed by atoms with Gasteiger partial charge in [0.15, 0.2) is 6.10 Å². The van der Waals surface area contributed by atoms with Crippen molar-refractivity contribution >= 4 is 40.5 Å². The zero-order chi connectivity index (χ0) is 19.3. The minimum atomic E-state index is -1.11. The lowest BCUT2D eigenvalue weighted by molar-refractivity contribution is -0.384. The highest BCUT2D eigenvalue weighted by molar-refractivity contribution is 6.30. The molecule has 0 aliphatic rings. The number of non-ortho nitro benzene ring substituents is 1. The molecule has 2 N–H and O–H groups in total. The molecule has 26 heavy (non-hydrogen) atoms. The molecule has 9 heteroatoms. The third-order valence-corrected chi connectivity index (χ3v) is 3.72. The van der Waals surface area contributed by atoms with Crippen molar-refractivity contribution in [3.05, 3.63) is 63.2 Å². The molecule has 0 heterocycles. The number of carbonyl (C=O) groups excluding carboxylic acids is 2. The molecule has 1 amide bonds. The monoisotopic (exact) mass is 377 g/mol. The van der Waals surface area contributed by atoms with Gasteiger partial charge in [0.1, 0.15) is 0 Å². The summed E-state index contributed by atoms with van der Waals surface area (Å²) >= 11 is 5.78. The Labute approximate surface area is 154 Å². The molecule has 2 aromatic rings. The molecule has 0 aliphatic heterocycles. The van der Waals surface area contributed by atoms with Gasteiger partial charge in [-0.2, -0.15) is 0 Å². The number of rotatable bonds is 6. The van der Waals surface area contributed by atoms with Gasteiger partial charge in [-0.1, -0.05) is 11.6 Å². The number of hydrogen-bond acceptors (Lipinski definition) is 6. The number of nitrogens with one attached hydrogen (secondary N) is 2. The summed E-state index contributed by atoms with van der Waals surface area (Å²) in [5.41, 5.74) is 0.557. The molecule has 2 aromatic carbocycles. The zero-order valence-electron chi connectivity index (χ0n) is 14.0. The summed E-state index contributed by atoms with van der Waals surface area (Å²) in [6, 6.07) is 10.2. The van der Waals surface area contributed by atoms with Crippen LogP contribution in [0.5, 0.6) is 0 Å². The van der Waals surface area contributed by atoms with Crippen LogP contribution in [0.4, 0.5) is 17.1 Å². The van der Waals surface area contributed by atoms with E-state index in [1.165, 1.54) is 19.1 Å². The van der Waals surface area contributed by atoms with Gasteiger partial charge in [-0.3, -0.25) is 14.9 Å². The fourth-order valence-corrected chi connectivity index (χ4v) is 2.21. The number of hydrogen-bond donors (Lipinski definition) is 2. The Bertz CT molecular complexity index is 839. The van der Waals surface area contributed by atoms with Crippen LogP contribution in [0.25, 0.3) is 0 Å². The Balaban J connectivity index is 2.10. The van der Waals surface area contributed by atoms with Gasteiger partial charge in [-0.25, -0.2) is 4.79 Å². The summed E-state index contributed by atoms with van der Waals surface area (Å²) in [4.78, 5) is 34.8. The number of nitro benzene ring substituents is 1. The number of ether oxygens (including phenoxy) is 1. The van der Waals surface area contributed by atoms with Crippen molar-refractivity contribution < 1.29 is 19.2 Å². The highest BCUT2D eigenvalue weighted by Crippen LogP contribution is 2.23. The fraction of sp³-hybridized carbons (Fsp3) is 0.176. The van der Waals surface area contributed by atoms with E-state index in [1.54, 1.807) is 31.3 Å². The molecule has 0 spiro atoms. The van der Waals surface area contributed by atoms with Crippen molar-refractivity contribution in [2.24, 2.45) is 0 Å². The first kappa shape index (κ1) is 19.2. The molecule has 0 saturated carbocycles. The van der Waals surface area contributed by atoms with Crippen LogP contribution in [0.1, 0.15) is 17.3 Å². The maximum absolute atomic E-state index is 12.3. The van der Waals surface area contributed by atoms with E-state index in [2.05, 4.69) is 10.6 Å². The van der Waals surface area contributed by atoms with Crippen molar-refractivity contribution in [3.8, 4) is 0 Å². The van der Waals surface area contributed by atoms with Crippen LogP contribution >= 0.6 is 11.6 Å². The molecule has 8 nitrogen and oxygen atoms in total. The Hall–Kier alpha value is -3.13.